The van der Waals surface area contributed by atoms with Crippen molar-refractivity contribution in [2.24, 2.45) is 0 Å². The van der Waals surface area contributed by atoms with Gasteiger partial charge in [0.05, 0.1) is 5.56 Å². The Morgan fingerprint density at radius 3 is 2.55 bits per heavy atom. The van der Waals surface area contributed by atoms with E-state index in [9.17, 15) is 14.0 Å². The van der Waals surface area contributed by atoms with Crippen molar-refractivity contribution < 1.29 is 18.7 Å². The average molecular weight is 366 g/mol. The molecule has 0 aliphatic rings. The Hall–Kier alpha value is -2.21. The van der Waals surface area contributed by atoms with E-state index < -0.39 is 24.3 Å². The lowest BCUT2D eigenvalue weighted by atomic mass is 10.2. The van der Waals surface area contributed by atoms with Gasteiger partial charge in [-0.1, -0.05) is 30.3 Å². The maximum absolute atomic E-state index is 12.9. The molecule has 0 radical (unpaired) electrons. The van der Waals surface area contributed by atoms with E-state index in [2.05, 4.69) is 21.2 Å². The molecule has 2 aromatic rings. The standard InChI is InChI=1S/C16H13BrFNO3/c17-14-8-12(18)6-7-13(14)16(21)22-10-15(20)19-9-11-4-2-1-3-5-11/h1-8H,9-10H2,(H,19,20). The highest BCUT2D eigenvalue weighted by atomic mass is 79.9. The Labute approximate surface area is 135 Å². The van der Waals surface area contributed by atoms with Gasteiger partial charge in [-0.05, 0) is 39.7 Å². The predicted molar refractivity (Wildman–Crippen MR) is 82.7 cm³/mol. The molecule has 0 aromatic heterocycles. The Kier molecular flexibility index (Phi) is 5.66. The first kappa shape index (κ1) is 16.2. The zero-order valence-corrected chi connectivity index (χ0v) is 13.1. The number of hydrogen-bond donors (Lipinski definition) is 1. The molecule has 0 saturated heterocycles. The number of carbonyl (C=O) groups excluding carboxylic acids is 2. The summed E-state index contributed by atoms with van der Waals surface area (Å²) in [6.45, 7) is -0.0348. The highest BCUT2D eigenvalue weighted by Crippen LogP contribution is 2.18. The Bertz CT molecular complexity index is 676. The molecule has 114 valence electrons. The summed E-state index contributed by atoms with van der Waals surface area (Å²) in [5, 5.41) is 2.64. The third kappa shape index (κ3) is 4.66. The fourth-order valence-corrected chi connectivity index (χ4v) is 2.22. The summed E-state index contributed by atoms with van der Waals surface area (Å²) in [5.74, 6) is -1.57. The highest BCUT2D eigenvalue weighted by molar-refractivity contribution is 9.10. The van der Waals surface area contributed by atoms with Gasteiger partial charge in [-0.25, -0.2) is 9.18 Å². The molecule has 0 saturated carbocycles. The molecule has 0 spiro atoms. The summed E-state index contributed by atoms with van der Waals surface area (Å²) in [7, 11) is 0. The molecule has 0 fully saturated rings. The summed E-state index contributed by atoms with van der Waals surface area (Å²) in [4.78, 5) is 23.4. The number of hydrogen-bond acceptors (Lipinski definition) is 3. The van der Waals surface area contributed by atoms with Crippen molar-refractivity contribution in [3.8, 4) is 0 Å². The van der Waals surface area contributed by atoms with Gasteiger partial charge in [-0.2, -0.15) is 0 Å². The van der Waals surface area contributed by atoms with E-state index in [1.807, 2.05) is 30.3 Å². The number of nitrogens with one attached hydrogen (secondary N) is 1. The van der Waals surface area contributed by atoms with E-state index in [4.69, 9.17) is 4.74 Å². The summed E-state index contributed by atoms with van der Waals surface area (Å²) in [5.41, 5.74) is 1.11. The van der Waals surface area contributed by atoms with Gasteiger partial charge >= 0.3 is 5.97 Å². The maximum atomic E-state index is 12.9. The van der Waals surface area contributed by atoms with Gasteiger partial charge in [0.2, 0.25) is 0 Å². The molecule has 0 bridgehead atoms. The minimum absolute atomic E-state index is 0.164. The highest BCUT2D eigenvalue weighted by Gasteiger charge is 2.13. The lowest BCUT2D eigenvalue weighted by Crippen LogP contribution is -2.28. The van der Waals surface area contributed by atoms with Crippen LogP contribution in [0.5, 0.6) is 0 Å². The second kappa shape index (κ2) is 7.70. The number of rotatable bonds is 5. The summed E-state index contributed by atoms with van der Waals surface area (Å²) in [6, 6.07) is 13.0. The number of benzene rings is 2. The first-order valence-corrected chi connectivity index (χ1v) is 7.28. The number of carbonyl (C=O) groups is 2. The van der Waals surface area contributed by atoms with Gasteiger partial charge in [0.1, 0.15) is 5.82 Å². The molecule has 0 atom stereocenters. The molecule has 2 rings (SSSR count). The second-order valence-corrected chi connectivity index (χ2v) is 5.32. The molecule has 0 aliphatic carbocycles. The summed E-state index contributed by atoms with van der Waals surface area (Å²) in [6.07, 6.45) is 0. The van der Waals surface area contributed by atoms with E-state index in [0.29, 0.717) is 6.54 Å². The lowest BCUT2D eigenvalue weighted by Gasteiger charge is -2.07. The number of halogens is 2. The molecule has 1 N–H and O–H groups in total. The normalized spacial score (nSPS) is 10.1. The maximum Gasteiger partial charge on any atom is 0.339 e. The summed E-state index contributed by atoms with van der Waals surface area (Å²) < 4.78 is 18.1. The number of esters is 1. The lowest BCUT2D eigenvalue weighted by molar-refractivity contribution is -0.124. The third-order valence-electron chi connectivity index (χ3n) is 2.82. The largest absolute Gasteiger partial charge is 0.452 e. The van der Waals surface area contributed by atoms with Crippen molar-refractivity contribution in [3.05, 3.63) is 69.9 Å². The second-order valence-electron chi connectivity index (χ2n) is 4.46. The van der Waals surface area contributed by atoms with Crippen molar-refractivity contribution in [1.29, 1.82) is 0 Å². The molecule has 4 nitrogen and oxygen atoms in total. The van der Waals surface area contributed by atoms with Crippen molar-refractivity contribution in [1.82, 2.24) is 5.32 Å². The fraction of sp³-hybridized carbons (Fsp3) is 0.125. The Morgan fingerprint density at radius 2 is 1.86 bits per heavy atom. The first-order valence-electron chi connectivity index (χ1n) is 6.49. The smallest absolute Gasteiger partial charge is 0.339 e. The topological polar surface area (TPSA) is 55.4 Å². The first-order chi connectivity index (χ1) is 10.6. The predicted octanol–water partition coefficient (Wildman–Crippen LogP) is 3.06. The third-order valence-corrected chi connectivity index (χ3v) is 3.47. The molecular weight excluding hydrogens is 353 g/mol. The van der Waals surface area contributed by atoms with Gasteiger partial charge in [0.15, 0.2) is 6.61 Å². The minimum Gasteiger partial charge on any atom is -0.452 e. The summed E-state index contributed by atoms with van der Waals surface area (Å²) >= 11 is 3.07. The average Bonchev–Trinajstić information content (AvgIpc) is 2.51. The van der Waals surface area contributed by atoms with E-state index in [0.717, 1.165) is 17.7 Å². The van der Waals surface area contributed by atoms with Crippen LogP contribution in [0.25, 0.3) is 0 Å². The van der Waals surface area contributed by atoms with E-state index >= 15 is 0 Å². The molecule has 0 unspecified atom stereocenters. The van der Waals surface area contributed by atoms with Crippen LogP contribution in [0.15, 0.2) is 53.0 Å². The SMILES string of the molecule is O=C(COC(=O)c1ccc(F)cc1Br)NCc1ccccc1. The van der Waals surface area contributed by atoms with Crippen LogP contribution in [-0.4, -0.2) is 18.5 Å². The van der Waals surface area contributed by atoms with Gasteiger partial charge < -0.3 is 10.1 Å². The van der Waals surface area contributed by atoms with Gasteiger partial charge in [-0.15, -0.1) is 0 Å². The van der Waals surface area contributed by atoms with Crippen molar-refractivity contribution in [2.45, 2.75) is 6.54 Å². The number of amides is 1. The Balaban J connectivity index is 1.82. The monoisotopic (exact) mass is 365 g/mol. The quantitative estimate of drug-likeness (QED) is 0.828. The molecule has 1 amide bonds. The van der Waals surface area contributed by atoms with Crippen molar-refractivity contribution in [2.75, 3.05) is 6.61 Å². The zero-order chi connectivity index (χ0) is 15.9. The van der Waals surface area contributed by atoms with Crippen LogP contribution >= 0.6 is 15.9 Å². The molecule has 0 aliphatic heterocycles. The van der Waals surface area contributed by atoms with Gasteiger partial charge in [0.25, 0.3) is 5.91 Å². The fourth-order valence-electron chi connectivity index (χ4n) is 1.71. The van der Waals surface area contributed by atoms with E-state index in [1.165, 1.54) is 6.07 Å². The molecule has 2 aromatic carbocycles. The van der Waals surface area contributed by atoms with Crippen LogP contribution in [0.2, 0.25) is 0 Å². The minimum atomic E-state index is -0.693. The van der Waals surface area contributed by atoms with Crippen LogP contribution in [0.1, 0.15) is 15.9 Å². The van der Waals surface area contributed by atoms with Crippen LogP contribution in [-0.2, 0) is 16.1 Å². The molecule has 22 heavy (non-hydrogen) atoms. The van der Waals surface area contributed by atoms with Crippen LogP contribution < -0.4 is 5.32 Å². The van der Waals surface area contributed by atoms with E-state index in [-0.39, 0.29) is 10.0 Å². The van der Waals surface area contributed by atoms with E-state index in [1.54, 1.807) is 0 Å². The molecule has 6 heteroatoms. The number of ether oxygens (including phenoxy) is 1. The van der Waals surface area contributed by atoms with Gasteiger partial charge in [0, 0.05) is 11.0 Å². The zero-order valence-electron chi connectivity index (χ0n) is 11.5. The van der Waals surface area contributed by atoms with Gasteiger partial charge in [-0.3, -0.25) is 4.79 Å². The van der Waals surface area contributed by atoms with Crippen LogP contribution in [0.3, 0.4) is 0 Å². The van der Waals surface area contributed by atoms with Crippen molar-refractivity contribution in [3.63, 3.8) is 0 Å². The van der Waals surface area contributed by atoms with Crippen LogP contribution in [0, 0.1) is 5.82 Å². The Morgan fingerprint density at radius 1 is 1.14 bits per heavy atom. The van der Waals surface area contributed by atoms with Crippen LogP contribution in [0.4, 0.5) is 4.39 Å². The molecular formula is C16H13BrFNO3. The van der Waals surface area contributed by atoms with Crippen molar-refractivity contribution >= 4 is 27.8 Å². The molecule has 0 heterocycles.